The summed E-state index contributed by atoms with van der Waals surface area (Å²) in [5, 5.41) is 14.7. The number of hydrogen-bond donors (Lipinski definition) is 1. The van der Waals surface area contributed by atoms with Gasteiger partial charge in [-0.25, -0.2) is 0 Å². The summed E-state index contributed by atoms with van der Waals surface area (Å²) >= 11 is 1.45. The molecule has 1 saturated carbocycles. The predicted octanol–water partition coefficient (Wildman–Crippen LogP) is 3.67. The van der Waals surface area contributed by atoms with Gasteiger partial charge in [0.25, 0.3) is 0 Å². The Bertz CT molecular complexity index is 878. The second-order valence-electron chi connectivity index (χ2n) is 5.90. The van der Waals surface area contributed by atoms with Crippen molar-refractivity contribution in [2.45, 2.75) is 23.9 Å². The van der Waals surface area contributed by atoms with Crippen molar-refractivity contribution in [1.82, 2.24) is 15.5 Å². The highest BCUT2D eigenvalue weighted by Gasteiger charge is 2.23. The van der Waals surface area contributed by atoms with E-state index in [9.17, 15) is 4.79 Å². The monoisotopic (exact) mass is 335 g/mol. The maximum absolute atomic E-state index is 11.9. The first-order valence-electron chi connectivity index (χ1n) is 8.04. The summed E-state index contributed by atoms with van der Waals surface area (Å²) in [6, 6.07) is 18.5. The van der Waals surface area contributed by atoms with Gasteiger partial charge < -0.3 is 5.32 Å². The zero-order chi connectivity index (χ0) is 16.4. The number of aromatic nitrogens is 2. The topological polar surface area (TPSA) is 54.9 Å². The first-order chi connectivity index (χ1) is 11.8. The van der Waals surface area contributed by atoms with E-state index in [4.69, 9.17) is 0 Å². The maximum atomic E-state index is 11.9. The Kier molecular flexibility index (Phi) is 4.17. The number of carbonyl (C=O) groups excluding carboxylic acids is 1. The van der Waals surface area contributed by atoms with Gasteiger partial charge in [0.2, 0.25) is 5.91 Å². The molecule has 1 aliphatic rings. The largest absolute Gasteiger partial charge is 0.353 e. The summed E-state index contributed by atoms with van der Waals surface area (Å²) in [7, 11) is 0. The molecule has 1 aromatic heterocycles. The molecule has 0 bridgehead atoms. The maximum Gasteiger partial charge on any atom is 0.230 e. The van der Waals surface area contributed by atoms with Gasteiger partial charge in [-0.15, -0.1) is 10.2 Å². The van der Waals surface area contributed by atoms with Gasteiger partial charge in [0.05, 0.1) is 5.75 Å². The van der Waals surface area contributed by atoms with Crippen LogP contribution in [0.2, 0.25) is 0 Å². The van der Waals surface area contributed by atoms with E-state index in [1.807, 2.05) is 48.5 Å². The van der Waals surface area contributed by atoms with Crippen molar-refractivity contribution >= 4 is 28.4 Å². The smallest absolute Gasteiger partial charge is 0.230 e. The highest BCUT2D eigenvalue weighted by molar-refractivity contribution is 8.00. The van der Waals surface area contributed by atoms with Crippen molar-refractivity contribution in [3.8, 4) is 11.3 Å². The molecule has 1 fully saturated rings. The van der Waals surface area contributed by atoms with Gasteiger partial charge in [0.15, 0.2) is 0 Å². The van der Waals surface area contributed by atoms with Crippen LogP contribution in [0.5, 0.6) is 0 Å². The first kappa shape index (κ1) is 15.1. The average Bonchev–Trinajstić information content (AvgIpc) is 3.44. The molecule has 4 rings (SSSR count). The molecule has 0 radical (unpaired) electrons. The number of thioether (sulfide) groups is 1. The van der Waals surface area contributed by atoms with Crippen LogP contribution in [0, 0.1) is 0 Å². The third-order valence-electron chi connectivity index (χ3n) is 3.98. The molecule has 24 heavy (non-hydrogen) atoms. The van der Waals surface area contributed by atoms with E-state index >= 15 is 0 Å². The summed E-state index contributed by atoms with van der Waals surface area (Å²) in [6.07, 6.45) is 2.20. The molecule has 5 heteroatoms. The molecule has 1 N–H and O–H groups in total. The van der Waals surface area contributed by atoms with Crippen LogP contribution in [0.25, 0.3) is 22.0 Å². The lowest BCUT2D eigenvalue weighted by Crippen LogP contribution is -2.27. The average molecular weight is 335 g/mol. The van der Waals surface area contributed by atoms with Crippen molar-refractivity contribution in [1.29, 1.82) is 0 Å². The molecular formula is C19H17N3OS. The summed E-state index contributed by atoms with van der Waals surface area (Å²) in [5.41, 5.74) is 1.92. The number of carbonyl (C=O) groups is 1. The Labute approximate surface area is 144 Å². The number of hydrogen-bond acceptors (Lipinski definition) is 4. The van der Waals surface area contributed by atoms with Crippen LogP contribution >= 0.6 is 11.8 Å². The standard InChI is InChI=1S/C19H17N3OS/c23-17(20-14-10-11-14)12-24-19-16-9-5-4-8-15(16)18(21-22-19)13-6-2-1-3-7-13/h1-9,14H,10-12H2,(H,20,23). The molecule has 3 aromatic rings. The van der Waals surface area contributed by atoms with E-state index in [1.54, 1.807) is 0 Å². The molecule has 0 saturated heterocycles. The number of fused-ring (bicyclic) bond motifs is 1. The molecule has 1 amide bonds. The Morgan fingerprint density at radius 1 is 1.00 bits per heavy atom. The predicted molar refractivity (Wildman–Crippen MR) is 96.9 cm³/mol. The first-order valence-corrected chi connectivity index (χ1v) is 9.03. The lowest BCUT2D eigenvalue weighted by molar-refractivity contribution is -0.118. The Morgan fingerprint density at radius 2 is 1.71 bits per heavy atom. The Morgan fingerprint density at radius 3 is 2.46 bits per heavy atom. The summed E-state index contributed by atoms with van der Waals surface area (Å²) in [6.45, 7) is 0. The van der Waals surface area contributed by atoms with Gasteiger partial charge in [-0.05, 0) is 12.8 Å². The van der Waals surface area contributed by atoms with E-state index < -0.39 is 0 Å². The van der Waals surface area contributed by atoms with Crippen LogP contribution in [0.4, 0.5) is 0 Å². The van der Waals surface area contributed by atoms with Crippen molar-refractivity contribution in [2.75, 3.05) is 5.75 Å². The van der Waals surface area contributed by atoms with Crippen molar-refractivity contribution < 1.29 is 4.79 Å². The SMILES string of the molecule is O=C(CSc1nnc(-c2ccccc2)c2ccccc12)NC1CC1. The fraction of sp³-hybridized carbons (Fsp3) is 0.211. The number of benzene rings is 2. The van der Waals surface area contributed by atoms with E-state index in [0.29, 0.717) is 11.8 Å². The summed E-state index contributed by atoms with van der Waals surface area (Å²) in [4.78, 5) is 11.9. The molecule has 1 heterocycles. The lowest BCUT2D eigenvalue weighted by atomic mass is 10.1. The molecular weight excluding hydrogens is 318 g/mol. The quantitative estimate of drug-likeness (QED) is 0.723. The minimum absolute atomic E-state index is 0.0699. The minimum atomic E-state index is 0.0699. The molecule has 2 aromatic carbocycles. The Hall–Kier alpha value is -2.40. The normalized spacial score (nSPS) is 13.8. The molecule has 0 unspecified atom stereocenters. The third-order valence-corrected chi connectivity index (χ3v) is 4.96. The van der Waals surface area contributed by atoms with E-state index in [0.717, 1.165) is 39.9 Å². The number of amides is 1. The van der Waals surface area contributed by atoms with Gasteiger partial charge in [0, 0.05) is 22.4 Å². The second kappa shape index (κ2) is 6.61. The van der Waals surface area contributed by atoms with Crippen LogP contribution < -0.4 is 5.32 Å². The van der Waals surface area contributed by atoms with E-state index in [2.05, 4.69) is 21.6 Å². The fourth-order valence-electron chi connectivity index (χ4n) is 2.63. The van der Waals surface area contributed by atoms with Crippen LogP contribution in [-0.2, 0) is 4.79 Å². The van der Waals surface area contributed by atoms with Crippen LogP contribution in [0.15, 0.2) is 59.6 Å². The molecule has 0 spiro atoms. The van der Waals surface area contributed by atoms with Crippen LogP contribution in [-0.4, -0.2) is 27.9 Å². The lowest BCUT2D eigenvalue weighted by Gasteiger charge is -2.09. The minimum Gasteiger partial charge on any atom is -0.353 e. The molecule has 1 aliphatic carbocycles. The van der Waals surface area contributed by atoms with Crippen LogP contribution in [0.1, 0.15) is 12.8 Å². The zero-order valence-corrected chi connectivity index (χ0v) is 13.9. The molecule has 120 valence electrons. The molecule has 0 aliphatic heterocycles. The Balaban J connectivity index is 1.64. The molecule has 4 nitrogen and oxygen atoms in total. The van der Waals surface area contributed by atoms with Gasteiger partial charge >= 0.3 is 0 Å². The van der Waals surface area contributed by atoms with E-state index in [-0.39, 0.29) is 5.91 Å². The van der Waals surface area contributed by atoms with Gasteiger partial charge in [0.1, 0.15) is 10.7 Å². The van der Waals surface area contributed by atoms with Crippen molar-refractivity contribution in [2.24, 2.45) is 0 Å². The van der Waals surface area contributed by atoms with Crippen molar-refractivity contribution in [3.63, 3.8) is 0 Å². The van der Waals surface area contributed by atoms with Crippen molar-refractivity contribution in [3.05, 3.63) is 54.6 Å². The number of rotatable bonds is 5. The highest BCUT2D eigenvalue weighted by Crippen LogP contribution is 2.31. The summed E-state index contributed by atoms with van der Waals surface area (Å²) in [5.74, 6) is 0.445. The van der Waals surface area contributed by atoms with Gasteiger partial charge in [-0.3, -0.25) is 4.79 Å². The zero-order valence-electron chi connectivity index (χ0n) is 13.1. The van der Waals surface area contributed by atoms with Crippen LogP contribution in [0.3, 0.4) is 0 Å². The number of nitrogens with zero attached hydrogens (tertiary/aromatic N) is 2. The van der Waals surface area contributed by atoms with Gasteiger partial charge in [-0.2, -0.15) is 0 Å². The van der Waals surface area contributed by atoms with Gasteiger partial charge in [-0.1, -0.05) is 66.4 Å². The highest BCUT2D eigenvalue weighted by atomic mass is 32.2. The fourth-order valence-corrected chi connectivity index (χ4v) is 3.41. The van der Waals surface area contributed by atoms with E-state index in [1.165, 1.54) is 11.8 Å². The molecule has 0 atom stereocenters. The summed E-state index contributed by atoms with van der Waals surface area (Å²) < 4.78 is 0. The number of nitrogens with one attached hydrogen (secondary N) is 1. The second-order valence-corrected chi connectivity index (χ2v) is 6.86. The third kappa shape index (κ3) is 3.26.